The van der Waals surface area contributed by atoms with Crippen molar-refractivity contribution in [2.45, 2.75) is 6.92 Å². The molecule has 4 heteroatoms. The van der Waals surface area contributed by atoms with Crippen LogP contribution in [0.3, 0.4) is 0 Å². The molecule has 1 aromatic carbocycles. The Morgan fingerprint density at radius 1 is 1.29 bits per heavy atom. The Hall–Kier alpha value is -1.35. The van der Waals surface area contributed by atoms with Crippen LogP contribution in [-0.4, -0.2) is 4.98 Å². The second kappa shape index (κ2) is 3.42. The Morgan fingerprint density at radius 3 is 2.43 bits per heavy atom. The Bertz CT molecular complexity index is 450. The lowest BCUT2D eigenvalue weighted by molar-refractivity contribution is 0.530. The molecular weight excluding hydrogens is 205 g/mol. The fourth-order valence-electron chi connectivity index (χ4n) is 1.24. The van der Waals surface area contributed by atoms with E-state index in [1.165, 1.54) is 12.1 Å². The lowest BCUT2D eigenvalue weighted by Gasteiger charge is -1.96. The predicted octanol–water partition coefficient (Wildman–Crippen LogP) is 3.44. The lowest BCUT2D eigenvalue weighted by atomic mass is 10.1. The van der Waals surface area contributed by atoms with E-state index in [0.29, 0.717) is 11.5 Å². The van der Waals surface area contributed by atoms with Crippen molar-refractivity contribution in [3.63, 3.8) is 0 Å². The number of hydrogen-bond acceptors (Lipinski definition) is 2. The second-order valence-corrected chi connectivity index (χ2v) is 3.20. The van der Waals surface area contributed by atoms with Crippen molar-refractivity contribution >= 4 is 11.6 Å². The van der Waals surface area contributed by atoms with Crippen LogP contribution in [-0.2, 0) is 0 Å². The molecule has 2 rings (SSSR count). The standard InChI is InChI=1S/C10H7ClFNO/c1-6-9(13-10(11)14-6)7-2-4-8(12)5-3-7/h2-5H,1H3. The monoisotopic (exact) mass is 211 g/mol. The van der Waals surface area contributed by atoms with E-state index >= 15 is 0 Å². The summed E-state index contributed by atoms with van der Waals surface area (Å²) in [5, 5.41) is 0.0989. The average molecular weight is 212 g/mol. The van der Waals surface area contributed by atoms with Gasteiger partial charge in [0.1, 0.15) is 17.3 Å². The van der Waals surface area contributed by atoms with Crippen LogP contribution in [0.15, 0.2) is 28.7 Å². The number of hydrogen-bond donors (Lipinski definition) is 0. The molecule has 0 fully saturated rings. The van der Waals surface area contributed by atoms with Crippen molar-refractivity contribution < 1.29 is 8.81 Å². The molecule has 14 heavy (non-hydrogen) atoms. The van der Waals surface area contributed by atoms with E-state index in [0.717, 1.165) is 5.56 Å². The summed E-state index contributed by atoms with van der Waals surface area (Å²) in [6.07, 6.45) is 0. The summed E-state index contributed by atoms with van der Waals surface area (Å²) in [5.74, 6) is 0.350. The number of aryl methyl sites for hydroxylation is 1. The van der Waals surface area contributed by atoms with Crippen LogP contribution in [0.1, 0.15) is 5.76 Å². The third-order valence-corrected chi connectivity index (χ3v) is 2.05. The normalized spacial score (nSPS) is 10.5. The van der Waals surface area contributed by atoms with Gasteiger partial charge in [-0.15, -0.1) is 0 Å². The maximum atomic E-state index is 12.6. The fraction of sp³-hybridized carbons (Fsp3) is 0.100. The summed E-state index contributed by atoms with van der Waals surface area (Å²) in [7, 11) is 0. The fourth-order valence-corrected chi connectivity index (χ4v) is 1.44. The molecule has 1 aromatic heterocycles. The summed E-state index contributed by atoms with van der Waals surface area (Å²) in [6.45, 7) is 1.76. The van der Waals surface area contributed by atoms with Crippen LogP contribution in [0.5, 0.6) is 0 Å². The first-order valence-corrected chi connectivity index (χ1v) is 4.43. The molecule has 72 valence electrons. The SMILES string of the molecule is Cc1oc(Cl)nc1-c1ccc(F)cc1. The van der Waals surface area contributed by atoms with Gasteiger partial charge in [-0.1, -0.05) is 0 Å². The van der Waals surface area contributed by atoms with Crippen molar-refractivity contribution in [2.75, 3.05) is 0 Å². The minimum atomic E-state index is -0.277. The molecule has 0 aliphatic rings. The van der Waals surface area contributed by atoms with Gasteiger partial charge in [-0.05, 0) is 42.8 Å². The first-order valence-electron chi connectivity index (χ1n) is 4.05. The zero-order valence-electron chi connectivity index (χ0n) is 7.42. The largest absolute Gasteiger partial charge is 0.432 e. The zero-order chi connectivity index (χ0) is 10.1. The Kier molecular flexibility index (Phi) is 2.25. The summed E-state index contributed by atoms with van der Waals surface area (Å²) in [4.78, 5) is 3.99. The van der Waals surface area contributed by atoms with E-state index in [1.807, 2.05) is 0 Å². The zero-order valence-corrected chi connectivity index (χ0v) is 8.18. The first kappa shape index (κ1) is 9.21. The van der Waals surface area contributed by atoms with Crippen molar-refractivity contribution in [3.8, 4) is 11.3 Å². The Labute approximate surface area is 85.3 Å². The predicted molar refractivity (Wildman–Crippen MR) is 51.6 cm³/mol. The van der Waals surface area contributed by atoms with Crippen LogP contribution in [0.2, 0.25) is 5.35 Å². The van der Waals surface area contributed by atoms with E-state index in [4.69, 9.17) is 16.0 Å². The van der Waals surface area contributed by atoms with Crippen LogP contribution < -0.4 is 0 Å². The van der Waals surface area contributed by atoms with E-state index in [9.17, 15) is 4.39 Å². The summed E-state index contributed by atoms with van der Waals surface area (Å²) >= 11 is 5.59. The van der Waals surface area contributed by atoms with Gasteiger partial charge in [0.2, 0.25) is 0 Å². The number of oxazole rings is 1. The maximum Gasteiger partial charge on any atom is 0.292 e. The molecule has 0 spiro atoms. The molecule has 0 saturated heterocycles. The molecule has 0 aliphatic carbocycles. The van der Waals surface area contributed by atoms with E-state index in [1.54, 1.807) is 19.1 Å². The minimum Gasteiger partial charge on any atom is -0.432 e. The molecule has 0 amide bonds. The Morgan fingerprint density at radius 2 is 1.93 bits per heavy atom. The molecule has 0 N–H and O–H groups in total. The van der Waals surface area contributed by atoms with Gasteiger partial charge in [0.25, 0.3) is 5.35 Å². The molecule has 2 nitrogen and oxygen atoms in total. The molecule has 1 heterocycles. The molecule has 0 bridgehead atoms. The van der Waals surface area contributed by atoms with Gasteiger partial charge in [0.15, 0.2) is 0 Å². The van der Waals surface area contributed by atoms with Crippen molar-refractivity contribution in [1.82, 2.24) is 4.98 Å². The van der Waals surface area contributed by atoms with E-state index < -0.39 is 0 Å². The third kappa shape index (κ3) is 1.63. The molecule has 0 radical (unpaired) electrons. The van der Waals surface area contributed by atoms with Gasteiger partial charge in [0.05, 0.1) is 0 Å². The number of nitrogens with zero attached hydrogens (tertiary/aromatic N) is 1. The molecule has 0 unspecified atom stereocenters. The van der Waals surface area contributed by atoms with Gasteiger partial charge < -0.3 is 4.42 Å². The number of rotatable bonds is 1. The van der Waals surface area contributed by atoms with E-state index in [2.05, 4.69) is 4.98 Å². The van der Waals surface area contributed by atoms with Crippen LogP contribution in [0, 0.1) is 12.7 Å². The highest BCUT2D eigenvalue weighted by atomic mass is 35.5. The lowest BCUT2D eigenvalue weighted by Crippen LogP contribution is -1.81. The first-order chi connectivity index (χ1) is 6.66. The quantitative estimate of drug-likeness (QED) is 0.722. The van der Waals surface area contributed by atoms with Gasteiger partial charge in [-0.3, -0.25) is 0 Å². The molecule has 2 aromatic rings. The number of halogens is 2. The molecule has 0 aliphatic heterocycles. The van der Waals surface area contributed by atoms with Gasteiger partial charge in [-0.2, -0.15) is 4.98 Å². The van der Waals surface area contributed by atoms with Gasteiger partial charge in [-0.25, -0.2) is 4.39 Å². The summed E-state index contributed by atoms with van der Waals surface area (Å²) < 4.78 is 17.7. The number of benzene rings is 1. The third-order valence-electron chi connectivity index (χ3n) is 1.89. The average Bonchev–Trinajstić information content (AvgIpc) is 2.47. The highest BCUT2D eigenvalue weighted by Crippen LogP contribution is 2.25. The number of aromatic nitrogens is 1. The van der Waals surface area contributed by atoms with Crippen molar-refractivity contribution in [2.24, 2.45) is 0 Å². The summed E-state index contributed by atoms with van der Waals surface area (Å²) in [6, 6.07) is 6.02. The molecule has 0 saturated carbocycles. The van der Waals surface area contributed by atoms with Crippen LogP contribution in [0.25, 0.3) is 11.3 Å². The van der Waals surface area contributed by atoms with Gasteiger partial charge in [0, 0.05) is 5.56 Å². The highest BCUT2D eigenvalue weighted by molar-refractivity contribution is 6.27. The van der Waals surface area contributed by atoms with E-state index in [-0.39, 0.29) is 11.2 Å². The topological polar surface area (TPSA) is 26.0 Å². The highest BCUT2D eigenvalue weighted by Gasteiger charge is 2.09. The minimum absolute atomic E-state index is 0.0989. The maximum absolute atomic E-state index is 12.6. The smallest absolute Gasteiger partial charge is 0.292 e. The molecular formula is C10H7ClFNO. The second-order valence-electron chi connectivity index (χ2n) is 2.88. The van der Waals surface area contributed by atoms with Crippen LogP contribution in [0.4, 0.5) is 4.39 Å². The summed E-state index contributed by atoms with van der Waals surface area (Å²) in [5.41, 5.74) is 1.44. The van der Waals surface area contributed by atoms with Crippen molar-refractivity contribution in [3.05, 3.63) is 41.2 Å². The van der Waals surface area contributed by atoms with Crippen LogP contribution >= 0.6 is 11.6 Å². The molecule has 0 atom stereocenters. The van der Waals surface area contributed by atoms with Gasteiger partial charge >= 0.3 is 0 Å². The Balaban J connectivity index is 2.49. The van der Waals surface area contributed by atoms with Crippen molar-refractivity contribution in [1.29, 1.82) is 0 Å².